The highest BCUT2D eigenvalue weighted by Crippen LogP contribution is 2.38. The van der Waals surface area contributed by atoms with E-state index in [-0.39, 0.29) is 5.56 Å². The van der Waals surface area contributed by atoms with E-state index in [0.717, 1.165) is 5.56 Å². The van der Waals surface area contributed by atoms with Gasteiger partial charge < -0.3 is 16.2 Å². The number of primary amides is 1. The first-order valence-corrected chi connectivity index (χ1v) is 10.3. The molecule has 1 atom stereocenters. The summed E-state index contributed by atoms with van der Waals surface area (Å²) in [5, 5.41) is 13.4. The van der Waals surface area contributed by atoms with Gasteiger partial charge in [0.05, 0.1) is 21.2 Å². The summed E-state index contributed by atoms with van der Waals surface area (Å²) in [6, 6.07) is 11.1. The lowest BCUT2D eigenvalue weighted by atomic mass is 9.96. The topological polar surface area (TPSA) is 105 Å². The number of halogens is 2. The first-order chi connectivity index (χ1) is 13.8. The summed E-state index contributed by atoms with van der Waals surface area (Å²) in [6.07, 6.45) is 0. The van der Waals surface area contributed by atoms with Gasteiger partial charge in [-0.05, 0) is 30.7 Å². The molecule has 0 aliphatic carbocycles. The maximum absolute atomic E-state index is 12.0. The maximum Gasteiger partial charge on any atom is 0.335 e. The Morgan fingerprint density at radius 3 is 2.52 bits per heavy atom. The smallest absolute Gasteiger partial charge is 0.335 e. The molecule has 1 unspecified atom stereocenters. The van der Waals surface area contributed by atoms with Crippen molar-refractivity contribution in [1.29, 1.82) is 0 Å². The van der Waals surface area contributed by atoms with Gasteiger partial charge in [0.2, 0.25) is 5.91 Å². The highest BCUT2D eigenvalue weighted by molar-refractivity contribution is 8.13. The Morgan fingerprint density at radius 1 is 1.21 bits per heavy atom. The number of hydrogen-bond donors (Lipinski definition) is 3. The molecule has 6 nitrogen and oxygen atoms in total. The summed E-state index contributed by atoms with van der Waals surface area (Å²) in [6.45, 7) is 1.75. The fourth-order valence-electron chi connectivity index (χ4n) is 2.89. The summed E-state index contributed by atoms with van der Waals surface area (Å²) in [5.74, 6) is -1.00. The van der Waals surface area contributed by atoms with Crippen LogP contribution in [0.1, 0.15) is 34.5 Å². The predicted molar refractivity (Wildman–Crippen MR) is 116 cm³/mol. The summed E-state index contributed by atoms with van der Waals surface area (Å²) in [4.78, 5) is 27.6. The Morgan fingerprint density at radius 2 is 1.90 bits per heavy atom. The number of benzene rings is 2. The zero-order valence-electron chi connectivity index (χ0n) is 15.3. The Labute approximate surface area is 181 Å². The third-order valence-corrected chi connectivity index (χ3v) is 6.13. The molecule has 1 amide bonds. The van der Waals surface area contributed by atoms with E-state index in [1.54, 1.807) is 49.4 Å². The normalized spacial score (nSPS) is 16.2. The van der Waals surface area contributed by atoms with Crippen molar-refractivity contribution in [1.82, 2.24) is 5.32 Å². The molecule has 4 N–H and O–H groups in total. The molecule has 0 fully saturated rings. The lowest BCUT2D eigenvalue weighted by Crippen LogP contribution is -2.32. The Balaban J connectivity index is 1.87. The maximum atomic E-state index is 12.0. The molecular weight excluding hydrogens is 433 g/mol. The second-order valence-electron chi connectivity index (χ2n) is 6.30. The Bertz CT molecular complexity index is 1040. The minimum Gasteiger partial charge on any atom is -0.478 e. The number of rotatable bonds is 5. The molecule has 0 radical (unpaired) electrons. The molecule has 1 aliphatic heterocycles. The molecule has 2 aromatic rings. The molecule has 0 aromatic heterocycles. The third kappa shape index (κ3) is 4.75. The number of amides is 1. The van der Waals surface area contributed by atoms with E-state index in [0.29, 0.717) is 37.8 Å². The quantitative estimate of drug-likeness (QED) is 0.627. The number of amidine groups is 1. The highest BCUT2D eigenvalue weighted by Gasteiger charge is 2.29. The molecule has 0 saturated heterocycles. The van der Waals surface area contributed by atoms with Crippen LogP contribution < -0.4 is 11.1 Å². The van der Waals surface area contributed by atoms with Crippen LogP contribution in [0.3, 0.4) is 0 Å². The van der Waals surface area contributed by atoms with Crippen LogP contribution in [0, 0.1) is 0 Å². The average Bonchev–Trinajstić information content (AvgIpc) is 2.68. The number of hydrogen-bond acceptors (Lipinski definition) is 5. The van der Waals surface area contributed by atoms with Crippen LogP contribution in [0.2, 0.25) is 10.0 Å². The van der Waals surface area contributed by atoms with Crippen LogP contribution >= 0.6 is 35.0 Å². The van der Waals surface area contributed by atoms with Crippen molar-refractivity contribution in [2.75, 3.05) is 0 Å². The lowest BCUT2D eigenvalue weighted by molar-refractivity contribution is -0.114. The molecule has 150 valence electrons. The predicted octanol–water partition coefficient (Wildman–Crippen LogP) is 4.38. The minimum atomic E-state index is -0.969. The molecule has 1 aliphatic rings. The molecule has 0 bridgehead atoms. The molecule has 1 heterocycles. The first-order valence-electron chi connectivity index (χ1n) is 8.52. The van der Waals surface area contributed by atoms with E-state index >= 15 is 0 Å². The number of nitrogens with zero attached hydrogens (tertiary/aromatic N) is 1. The third-order valence-electron chi connectivity index (χ3n) is 4.34. The van der Waals surface area contributed by atoms with E-state index in [1.165, 1.54) is 11.8 Å². The number of allylic oxidation sites excluding steroid dienone is 1. The minimum absolute atomic E-state index is 0.229. The zero-order valence-corrected chi connectivity index (χ0v) is 17.6. The largest absolute Gasteiger partial charge is 0.478 e. The van der Waals surface area contributed by atoms with E-state index in [4.69, 9.17) is 34.0 Å². The number of aromatic carboxylic acids is 1. The lowest BCUT2D eigenvalue weighted by Gasteiger charge is -2.26. The van der Waals surface area contributed by atoms with Crippen molar-refractivity contribution in [2.24, 2.45) is 10.7 Å². The molecule has 29 heavy (non-hydrogen) atoms. The second kappa shape index (κ2) is 8.90. The van der Waals surface area contributed by atoms with E-state index in [1.807, 2.05) is 0 Å². The number of carbonyl (C=O) groups is 2. The Kier molecular flexibility index (Phi) is 6.52. The summed E-state index contributed by atoms with van der Waals surface area (Å²) < 4.78 is 0. The van der Waals surface area contributed by atoms with Crippen LogP contribution in [-0.2, 0) is 10.5 Å². The van der Waals surface area contributed by atoms with Crippen LogP contribution in [-0.4, -0.2) is 22.2 Å². The van der Waals surface area contributed by atoms with Gasteiger partial charge in [0.15, 0.2) is 5.17 Å². The van der Waals surface area contributed by atoms with Gasteiger partial charge in [-0.15, -0.1) is 0 Å². The summed E-state index contributed by atoms with van der Waals surface area (Å²) >= 11 is 13.9. The van der Waals surface area contributed by atoms with Gasteiger partial charge in [-0.3, -0.25) is 4.79 Å². The molecule has 0 saturated carbocycles. The summed E-state index contributed by atoms with van der Waals surface area (Å²) in [5.41, 5.74) is 8.26. The van der Waals surface area contributed by atoms with Crippen molar-refractivity contribution < 1.29 is 14.7 Å². The van der Waals surface area contributed by atoms with Crippen LogP contribution in [0.4, 0.5) is 0 Å². The first kappa shape index (κ1) is 21.2. The number of thioether (sulfide) groups is 1. The number of carboxylic acids is 1. The molecule has 9 heteroatoms. The van der Waals surface area contributed by atoms with Crippen molar-refractivity contribution in [3.05, 3.63) is 80.5 Å². The van der Waals surface area contributed by atoms with Crippen LogP contribution in [0.15, 0.2) is 58.7 Å². The van der Waals surface area contributed by atoms with Gasteiger partial charge >= 0.3 is 5.97 Å². The average molecular weight is 450 g/mol. The van der Waals surface area contributed by atoms with Gasteiger partial charge in [0.25, 0.3) is 0 Å². The molecule has 3 rings (SSSR count). The Hall–Kier alpha value is -2.48. The SMILES string of the molecule is CC1=C(C(N)=O)C(c2cccc(Cl)c2Cl)N=C(SCc2ccc(C(=O)O)cc2)N1. The van der Waals surface area contributed by atoms with Crippen LogP contribution in [0.25, 0.3) is 0 Å². The van der Waals surface area contributed by atoms with Gasteiger partial charge in [-0.1, -0.05) is 59.2 Å². The van der Waals surface area contributed by atoms with Crippen molar-refractivity contribution in [3.63, 3.8) is 0 Å². The molecule has 2 aromatic carbocycles. The monoisotopic (exact) mass is 449 g/mol. The van der Waals surface area contributed by atoms with Crippen molar-refractivity contribution >= 4 is 52.0 Å². The number of carboxylic acid groups (broad SMARTS) is 1. The number of nitrogens with one attached hydrogen (secondary N) is 1. The number of aliphatic imine (C=N–C) groups is 1. The van der Waals surface area contributed by atoms with Gasteiger partial charge in [-0.25, -0.2) is 9.79 Å². The number of nitrogens with two attached hydrogens (primary N) is 1. The zero-order chi connectivity index (χ0) is 21.1. The standard InChI is InChI=1S/C20H17Cl2N3O3S/c1-10-15(18(23)26)17(13-3-2-4-14(21)16(13)22)25-20(24-10)29-9-11-5-7-12(8-6-11)19(27)28/h2-8,17H,9H2,1H3,(H2,23,26)(H,24,25)(H,27,28). The van der Waals surface area contributed by atoms with Gasteiger partial charge in [0.1, 0.15) is 6.04 Å². The van der Waals surface area contributed by atoms with Crippen molar-refractivity contribution in [2.45, 2.75) is 18.7 Å². The van der Waals surface area contributed by atoms with E-state index in [2.05, 4.69) is 10.3 Å². The molecular formula is C20H17Cl2N3O3S. The fraction of sp³-hybridized carbons (Fsp3) is 0.150. The molecule has 0 spiro atoms. The second-order valence-corrected chi connectivity index (χ2v) is 8.05. The summed E-state index contributed by atoms with van der Waals surface area (Å²) in [7, 11) is 0. The van der Waals surface area contributed by atoms with Gasteiger partial charge in [-0.2, -0.15) is 0 Å². The van der Waals surface area contributed by atoms with E-state index < -0.39 is 17.9 Å². The van der Waals surface area contributed by atoms with Crippen molar-refractivity contribution in [3.8, 4) is 0 Å². The van der Waals surface area contributed by atoms with E-state index in [9.17, 15) is 9.59 Å². The highest BCUT2D eigenvalue weighted by atomic mass is 35.5. The van der Waals surface area contributed by atoms with Crippen LogP contribution in [0.5, 0.6) is 0 Å². The fourth-order valence-corrected chi connectivity index (χ4v) is 4.20. The van der Waals surface area contributed by atoms with Gasteiger partial charge in [0, 0.05) is 17.0 Å². The number of carbonyl (C=O) groups excluding carboxylic acids is 1.